The van der Waals surface area contributed by atoms with Gasteiger partial charge in [-0.05, 0) is 0 Å². The van der Waals surface area contributed by atoms with Crippen molar-refractivity contribution in [3.05, 3.63) is 34.2 Å². The molecule has 0 bridgehead atoms. The van der Waals surface area contributed by atoms with Gasteiger partial charge in [0.05, 0.1) is 21.6 Å². The quantitative estimate of drug-likeness (QED) is 0.693. The van der Waals surface area contributed by atoms with Gasteiger partial charge in [-0.3, -0.25) is 0 Å². The van der Waals surface area contributed by atoms with Crippen LogP contribution in [0.2, 0.25) is 10.0 Å². The molecule has 5 heteroatoms. The molecule has 2 heterocycles. The molecule has 0 saturated heterocycles. The summed E-state index contributed by atoms with van der Waals surface area (Å²) in [4.78, 5) is 4.22. The smallest absolute Gasteiger partial charge is 0.138 e. The number of alkyl halides is 1. The van der Waals surface area contributed by atoms with Gasteiger partial charge in [-0.15, -0.1) is 11.6 Å². The van der Waals surface area contributed by atoms with Crippen LogP contribution in [0.25, 0.3) is 5.65 Å². The zero-order valence-corrected chi connectivity index (χ0v) is 8.74. The van der Waals surface area contributed by atoms with E-state index in [2.05, 4.69) is 4.98 Å². The van der Waals surface area contributed by atoms with Crippen LogP contribution in [0, 0.1) is 0 Å². The molecule has 0 radical (unpaired) electrons. The normalized spacial score (nSPS) is 11.0. The van der Waals surface area contributed by atoms with Crippen molar-refractivity contribution in [3.63, 3.8) is 0 Å². The lowest BCUT2D eigenvalue weighted by Crippen LogP contribution is -1.82. The summed E-state index contributed by atoms with van der Waals surface area (Å²) in [6, 6.07) is 1.71. The monoisotopic (exact) mass is 234 g/mol. The maximum absolute atomic E-state index is 5.83. The van der Waals surface area contributed by atoms with Crippen molar-refractivity contribution in [2.75, 3.05) is 0 Å². The average Bonchev–Trinajstić information content (AvgIpc) is 2.48. The van der Waals surface area contributed by atoms with E-state index in [0.29, 0.717) is 15.9 Å². The van der Waals surface area contributed by atoms with Gasteiger partial charge >= 0.3 is 0 Å². The van der Waals surface area contributed by atoms with Crippen molar-refractivity contribution < 1.29 is 0 Å². The summed E-state index contributed by atoms with van der Waals surface area (Å²) in [5, 5.41) is 1.01. The van der Waals surface area contributed by atoms with Crippen molar-refractivity contribution in [2.45, 2.75) is 5.88 Å². The number of imidazole rings is 1. The van der Waals surface area contributed by atoms with Crippen molar-refractivity contribution in [1.82, 2.24) is 9.38 Å². The second-order valence-electron chi connectivity index (χ2n) is 2.60. The standard InChI is InChI=1S/C8H5Cl3N2/c9-2-5-3-13-4-7(11)6(10)1-8(13)12-5/h1,3-4H,2H2. The Bertz CT molecular complexity index is 411. The average molecular weight is 236 g/mol. The highest BCUT2D eigenvalue weighted by atomic mass is 35.5. The molecule has 2 aromatic heterocycles. The molecule has 13 heavy (non-hydrogen) atoms. The van der Waals surface area contributed by atoms with Crippen LogP contribution in [-0.2, 0) is 5.88 Å². The molecule has 0 fully saturated rings. The van der Waals surface area contributed by atoms with Crippen LogP contribution in [0.1, 0.15) is 5.69 Å². The van der Waals surface area contributed by atoms with E-state index < -0.39 is 0 Å². The number of aromatic nitrogens is 2. The van der Waals surface area contributed by atoms with Crippen molar-refractivity contribution in [1.29, 1.82) is 0 Å². The Morgan fingerprint density at radius 3 is 2.69 bits per heavy atom. The van der Waals surface area contributed by atoms with Gasteiger partial charge in [-0.25, -0.2) is 4.98 Å². The van der Waals surface area contributed by atoms with Gasteiger partial charge in [-0.1, -0.05) is 23.2 Å². The fourth-order valence-electron chi connectivity index (χ4n) is 1.10. The molecule has 0 aliphatic heterocycles. The van der Waals surface area contributed by atoms with Gasteiger partial charge in [0.1, 0.15) is 5.65 Å². The molecule has 0 aromatic carbocycles. The Kier molecular flexibility index (Phi) is 2.37. The second kappa shape index (κ2) is 3.37. The number of hydrogen-bond acceptors (Lipinski definition) is 1. The first-order valence-corrected chi connectivity index (χ1v) is 4.88. The number of hydrogen-bond donors (Lipinski definition) is 0. The Hall–Kier alpha value is -0.440. The first-order chi connectivity index (χ1) is 6.20. The lowest BCUT2D eigenvalue weighted by atomic mass is 10.5. The molecule has 0 N–H and O–H groups in total. The molecule has 0 unspecified atom stereocenters. The minimum absolute atomic E-state index is 0.386. The Morgan fingerprint density at radius 2 is 2.00 bits per heavy atom. The van der Waals surface area contributed by atoms with Gasteiger partial charge in [0.15, 0.2) is 0 Å². The largest absolute Gasteiger partial charge is 0.305 e. The third-order valence-corrected chi connectivity index (χ3v) is 2.67. The summed E-state index contributed by atoms with van der Waals surface area (Å²) in [6.45, 7) is 0. The van der Waals surface area contributed by atoms with Gasteiger partial charge in [0, 0.05) is 18.5 Å². The fraction of sp³-hybridized carbons (Fsp3) is 0.125. The zero-order valence-electron chi connectivity index (χ0n) is 6.47. The van der Waals surface area contributed by atoms with Crippen LogP contribution in [0.4, 0.5) is 0 Å². The summed E-state index contributed by atoms with van der Waals surface area (Å²) in [6.07, 6.45) is 3.53. The van der Waals surface area contributed by atoms with Crippen molar-refractivity contribution in [3.8, 4) is 0 Å². The van der Waals surface area contributed by atoms with Crippen LogP contribution in [-0.4, -0.2) is 9.38 Å². The van der Waals surface area contributed by atoms with E-state index in [9.17, 15) is 0 Å². The zero-order chi connectivity index (χ0) is 9.42. The first kappa shape index (κ1) is 9.13. The van der Waals surface area contributed by atoms with Crippen LogP contribution in [0.5, 0.6) is 0 Å². The Labute approximate surface area is 90.0 Å². The maximum Gasteiger partial charge on any atom is 0.138 e. The second-order valence-corrected chi connectivity index (χ2v) is 3.68. The highest BCUT2D eigenvalue weighted by Gasteiger charge is 2.03. The third kappa shape index (κ3) is 1.62. The van der Waals surface area contributed by atoms with E-state index >= 15 is 0 Å². The molecule has 2 rings (SSSR count). The van der Waals surface area contributed by atoms with Gasteiger partial charge in [-0.2, -0.15) is 0 Å². The molecular weight excluding hydrogens is 230 g/mol. The SMILES string of the molecule is ClCc1cn2cc(Cl)c(Cl)cc2n1. The maximum atomic E-state index is 5.83. The van der Waals surface area contributed by atoms with Crippen LogP contribution in [0.3, 0.4) is 0 Å². The number of rotatable bonds is 1. The number of fused-ring (bicyclic) bond motifs is 1. The van der Waals surface area contributed by atoms with E-state index in [4.69, 9.17) is 34.8 Å². The Morgan fingerprint density at radius 1 is 1.23 bits per heavy atom. The molecule has 2 aromatic rings. The van der Waals surface area contributed by atoms with E-state index in [0.717, 1.165) is 11.3 Å². The molecule has 0 spiro atoms. The van der Waals surface area contributed by atoms with Crippen molar-refractivity contribution >= 4 is 40.4 Å². The lowest BCUT2D eigenvalue weighted by molar-refractivity contribution is 1.18. The minimum atomic E-state index is 0.386. The third-order valence-electron chi connectivity index (χ3n) is 1.68. The molecule has 0 aliphatic carbocycles. The predicted octanol–water partition coefficient (Wildman–Crippen LogP) is 3.38. The van der Waals surface area contributed by atoms with Gasteiger partial charge in [0.25, 0.3) is 0 Å². The first-order valence-electron chi connectivity index (χ1n) is 3.59. The lowest BCUT2D eigenvalue weighted by Gasteiger charge is -1.95. The Balaban J connectivity index is 2.70. The molecule has 0 saturated carbocycles. The van der Waals surface area contributed by atoms with E-state index in [-0.39, 0.29) is 0 Å². The van der Waals surface area contributed by atoms with Crippen LogP contribution in [0.15, 0.2) is 18.5 Å². The summed E-state index contributed by atoms with van der Waals surface area (Å²) in [7, 11) is 0. The number of pyridine rings is 1. The van der Waals surface area contributed by atoms with E-state index in [1.54, 1.807) is 16.7 Å². The molecule has 0 aliphatic rings. The van der Waals surface area contributed by atoms with Crippen LogP contribution < -0.4 is 0 Å². The highest BCUT2D eigenvalue weighted by molar-refractivity contribution is 6.42. The summed E-state index contributed by atoms with van der Waals surface area (Å²) >= 11 is 17.3. The molecule has 2 nitrogen and oxygen atoms in total. The number of halogens is 3. The fourth-order valence-corrected chi connectivity index (χ4v) is 1.54. The molecule has 0 atom stereocenters. The van der Waals surface area contributed by atoms with Crippen molar-refractivity contribution in [2.24, 2.45) is 0 Å². The topological polar surface area (TPSA) is 17.3 Å². The molecule has 68 valence electrons. The van der Waals surface area contributed by atoms with Gasteiger partial charge in [0.2, 0.25) is 0 Å². The van der Waals surface area contributed by atoms with E-state index in [1.165, 1.54) is 0 Å². The predicted molar refractivity (Wildman–Crippen MR) is 54.8 cm³/mol. The summed E-state index contributed by atoms with van der Waals surface area (Å²) in [5.41, 5.74) is 1.56. The summed E-state index contributed by atoms with van der Waals surface area (Å²) < 4.78 is 1.80. The minimum Gasteiger partial charge on any atom is -0.305 e. The van der Waals surface area contributed by atoms with E-state index in [1.807, 2.05) is 6.20 Å². The molecular formula is C8H5Cl3N2. The summed E-state index contributed by atoms with van der Waals surface area (Å²) in [5.74, 6) is 0.386. The van der Waals surface area contributed by atoms with Crippen LogP contribution >= 0.6 is 34.8 Å². The molecule has 0 amide bonds. The number of nitrogens with zero attached hydrogens (tertiary/aromatic N) is 2. The van der Waals surface area contributed by atoms with Gasteiger partial charge < -0.3 is 4.40 Å². The highest BCUT2D eigenvalue weighted by Crippen LogP contribution is 2.23.